The molecule has 0 unspecified atom stereocenters. The van der Waals surface area contributed by atoms with Crippen molar-refractivity contribution >= 4 is 42.7 Å². The summed E-state index contributed by atoms with van der Waals surface area (Å²) in [7, 11) is -3.61. The van der Waals surface area contributed by atoms with Gasteiger partial charge in [0.15, 0.2) is 5.13 Å². The van der Waals surface area contributed by atoms with E-state index in [0.29, 0.717) is 32.1 Å². The maximum Gasteiger partial charge on any atom is 0.343 e. The molecule has 0 aliphatic carbocycles. The number of morpholine rings is 1. The number of hydrogen-bond acceptors (Lipinski definition) is 8. The lowest BCUT2D eigenvalue weighted by Gasteiger charge is -2.26. The highest BCUT2D eigenvalue weighted by molar-refractivity contribution is 7.89. The third-order valence-corrected chi connectivity index (χ3v) is 8.28. The van der Waals surface area contributed by atoms with Gasteiger partial charge >= 0.3 is 5.97 Å². The summed E-state index contributed by atoms with van der Waals surface area (Å²) in [6.07, 6.45) is 0. The van der Waals surface area contributed by atoms with Crippen LogP contribution in [0.15, 0.2) is 47.4 Å². The van der Waals surface area contributed by atoms with Gasteiger partial charge in [-0.25, -0.2) is 18.2 Å². The molecule has 0 bridgehead atoms. The van der Waals surface area contributed by atoms with Crippen LogP contribution in [0, 0.1) is 0 Å². The van der Waals surface area contributed by atoms with E-state index in [2.05, 4.69) is 23.7 Å². The summed E-state index contributed by atoms with van der Waals surface area (Å²) >= 11 is 1.55. The van der Waals surface area contributed by atoms with Crippen LogP contribution >= 0.6 is 11.3 Å². The normalized spacial score (nSPS) is 15.1. The van der Waals surface area contributed by atoms with Gasteiger partial charge in [0.25, 0.3) is 0 Å². The van der Waals surface area contributed by atoms with Gasteiger partial charge in [-0.3, -0.25) is 0 Å². The molecule has 0 spiro atoms. The average molecular weight is 476 g/mol. The van der Waals surface area contributed by atoms with Crippen molar-refractivity contribution in [3.8, 4) is 5.75 Å². The average Bonchev–Trinajstić information content (AvgIpc) is 3.23. The molecule has 0 radical (unpaired) electrons. The molecule has 1 aliphatic rings. The highest BCUT2D eigenvalue weighted by Crippen LogP contribution is 2.31. The number of aromatic nitrogens is 1. The van der Waals surface area contributed by atoms with Crippen LogP contribution in [-0.2, 0) is 14.8 Å². The van der Waals surface area contributed by atoms with Crippen molar-refractivity contribution in [1.29, 1.82) is 0 Å². The summed E-state index contributed by atoms with van der Waals surface area (Å²) in [5.74, 6) is -0.129. The van der Waals surface area contributed by atoms with Crippen LogP contribution in [0.3, 0.4) is 0 Å². The van der Waals surface area contributed by atoms with Crippen molar-refractivity contribution in [2.75, 3.05) is 44.3 Å². The quantitative estimate of drug-likeness (QED) is 0.382. The number of carbonyl (C=O) groups is 1. The predicted molar refractivity (Wildman–Crippen MR) is 124 cm³/mol. The van der Waals surface area contributed by atoms with Crippen molar-refractivity contribution in [1.82, 2.24) is 9.29 Å². The molecule has 0 saturated carbocycles. The van der Waals surface area contributed by atoms with Crippen molar-refractivity contribution in [3.63, 3.8) is 0 Å². The standard InChI is InChI=1S/C22H25N3O5S2/c1-3-24(4-2)22-23-19-10-7-17(15-20(19)31-22)30-21(26)16-5-8-18(9-6-16)32(27,28)25-11-13-29-14-12-25/h5-10,15H,3-4,11-14H2,1-2H3. The number of thiazole rings is 1. The first-order valence-electron chi connectivity index (χ1n) is 10.5. The van der Waals surface area contributed by atoms with E-state index in [9.17, 15) is 13.2 Å². The number of sulfonamides is 1. The number of carbonyl (C=O) groups excluding carboxylic acids is 1. The summed E-state index contributed by atoms with van der Waals surface area (Å²) in [5, 5.41) is 0.936. The van der Waals surface area contributed by atoms with E-state index < -0.39 is 16.0 Å². The molecule has 2 heterocycles. The first kappa shape index (κ1) is 22.7. The number of benzene rings is 2. The SMILES string of the molecule is CCN(CC)c1nc2ccc(OC(=O)c3ccc(S(=O)(=O)N4CCOCC4)cc3)cc2s1. The van der Waals surface area contributed by atoms with Crippen LogP contribution < -0.4 is 9.64 Å². The lowest BCUT2D eigenvalue weighted by Crippen LogP contribution is -2.40. The Kier molecular flexibility index (Phi) is 6.75. The second-order valence-electron chi connectivity index (χ2n) is 7.23. The number of esters is 1. The van der Waals surface area contributed by atoms with E-state index in [1.165, 1.54) is 28.6 Å². The Balaban J connectivity index is 1.48. The van der Waals surface area contributed by atoms with Gasteiger partial charge in [-0.1, -0.05) is 11.3 Å². The Morgan fingerprint density at radius 1 is 1.12 bits per heavy atom. The van der Waals surface area contributed by atoms with E-state index in [4.69, 9.17) is 9.47 Å². The first-order valence-corrected chi connectivity index (χ1v) is 12.7. The number of hydrogen-bond donors (Lipinski definition) is 0. The summed E-state index contributed by atoms with van der Waals surface area (Å²) in [5.41, 5.74) is 1.13. The minimum absolute atomic E-state index is 0.144. The third kappa shape index (κ3) is 4.63. The van der Waals surface area contributed by atoms with Crippen LogP contribution in [0.2, 0.25) is 0 Å². The summed E-state index contributed by atoms with van der Waals surface area (Å²) in [4.78, 5) is 19.6. The molecule has 0 amide bonds. The van der Waals surface area contributed by atoms with E-state index in [1.807, 2.05) is 6.07 Å². The van der Waals surface area contributed by atoms with Gasteiger partial charge in [-0.2, -0.15) is 4.31 Å². The second-order valence-corrected chi connectivity index (χ2v) is 10.2. The van der Waals surface area contributed by atoms with Crippen LogP contribution in [-0.4, -0.2) is 63.1 Å². The van der Waals surface area contributed by atoms with Crippen molar-refractivity contribution < 1.29 is 22.7 Å². The molecule has 4 rings (SSSR count). The Bertz CT molecular complexity index is 1200. The predicted octanol–water partition coefficient (Wildman–Crippen LogP) is 3.38. The number of nitrogens with zero attached hydrogens (tertiary/aromatic N) is 3. The Labute approximate surface area is 191 Å². The summed E-state index contributed by atoms with van der Waals surface area (Å²) in [6.45, 7) is 7.31. The Morgan fingerprint density at radius 3 is 2.47 bits per heavy atom. The fourth-order valence-electron chi connectivity index (χ4n) is 3.45. The minimum atomic E-state index is -3.61. The highest BCUT2D eigenvalue weighted by atomic mass is 32.2. The molecule has 3 aromatic rings. The van der Waals surface area contributed by atoms with Crippen LogP contribution in [0.4, 0.5) is 5.13 Å². The van der Waals surface area contributed by atoms with Gasteiger partial charge < -0.3 is 14.4 Å². The maximum atomic E-state index is 12.7. The Morgan fingerprint density at radius 2 is 1.81 bits per heavy atom. The zero-order chi connectivity index (χ0) is 22.7. The molecule has 2 aromatic carbocycles. The minimum Gasteiger partial charge on any atom is -0.423 e. The Hall–Kier alpha value is -2.53. The number of ether oxygens (including phenoxy) is 2. The van der Waals surface area contributed by atoms with Crippen LogP contribution in [0.5, 0.6) is 5.75 Å². The van der Waals surface area contributed by atoms with Crippen molar-refractivity contribution in [2.45, 2.75) is 18.7 Å². The smallest absolute Gasteiger partial charge is 0.343 e. The number of rotatable bonds is 7. The monoisotopic (exact) mass is 475 g/mol. The van der Waals surface area contributed by atoms with Crippen molar-refractivity contribution in [2.24, 2.45) is 0 Å². The van der Waals surface area contributed by atoms with Gasteiger partial charge in [-0.05, 0) is 50.2 Å². The molecule has 170 valence electrons. The van der Waals surface area contributed by atoms with Gasteiger partial charge in [0.2, 0.25) is 10.0 Å². The maximum absolute atomic E-state index is 12.7. The van der Waals surface area contributed by atoms with E-state index in [0.717, 1.165) is 28.4 Å². The molecule has 1 aliphatic heterocycles. The van der Waals surface area contributed by atoms with Gasteiger partial charge in [-0.15, -0.1) is 0 Å². The van der Waals surface area contributed by atoms with Crippen LogP contribution in [0.25, 0.3) is 10.2 Å². The molecule has 0 atom stereocenters. The van der Waals surface area contributed by atoms with Gasteiger partial charge in [0, 0.05) is 32.2 Å². The lowest BCUT2D eigenvalue weighted by molar-refractivity contribution is 0.0730. The molecule has 1 saturated heterocycles. The molecule has 1 aromatic heterocycles. The molecular weight excluding hydrogens is 450 g/mol. The van der Waals surface area contributed by atoms with E-state index in [-0.39, 0.29) is 10.5 Å². The molecule has 1 fully saturated rings. The topological polar surface area (TPSA) is 89.0 Å². The van der Waals surface area contributed by atoms with Gasteiger partial charge in [0.1, 0.15) is 5.75 Å². The fourth-order valence-corrected chi connectivity index (χ4v) is 5.98. The van der Waals surface area contributed by atoms with E-state index >= 15 is 0 Å². The third-order valence-electron chi connectivity index (χ3n) is 5.29. The molecule has 10 heteroatoms. The molecule has 32 heavy (non-hydrogen) atoms. The first-order chi connectivity index (χ1) is 15.4. The molecule has 0 N–H and O–H groups in total. The van der Waals surface area contributed by atoms with Crippen molar-refractivity contribution in [3.05, 3.63) is 48.0 Å². The largest absolute Gasteiger partial charge is 0.423 e. The second kappa shape index (κ2) is 9.53. The summed E-state index contributed by atoms with van der Waals surface area (Å²) in [6, 6.07) is 11.2. The van der Waals surface area contributed by atoms with Gasteiger partial charge in [0.05, 0.1) is 33.9 Å². The number of fused-ring (bicyclic) bond motifs is 1. The molecular formula is C22H25N3O5S2. The van der Waals surface area contributed by atoms with Crippen LogP contribution in [0.1, 0.15) is 24.2 Å². The zero-order valence-electron chi connectivity index (χ0n) is 18.0. The fraction of sp³-hybridized carbons (Fsp3) is 0.364. The highest BCUT2D eigenvalue weighted by Gasteiger charge is 2.26. The van der Waals surface area contributed by atoms with E-state index in [1.54, 1.807) is 23.5 Å². The zero-order valence-corrected chi connectivity index (χ0v) is 19.6. The lowest BCUT2D eigenvalue weighted by atomic mass is 10.2. The molecule has 8 nitrogen and oxygen atoms in total. The summed E-state index contributed by atoms with van der Waals surface area (Å²) < 4.78 is 38.5. The number of anilines is 1.